The number of hydrogen-bond donors (Lipinski definition) is 1. The Balaban J connectivity index is 1.57. The van der Waals surface area contributed by atoms with E-state index in [1.165, 1.54) is 6.20 Å². The van der Waals surface area contributed by atoms with Gasteiger partial charge in [-0.1, -0.05) is 0 Å². The maximum atomic E-state index is 13.2. The van der Waals surface area contributed by atoms with E-state index >= 15 is 0 Å². The molecule has 1 aromatic heterocycles. The number of halogens is 2. The van der Waals surface area contributed by atoms with Gasteiger partial charge in [0.05, 0.1) is 17.7 Å². The molecule has 0 saturated carbocycles. The lowest BCUT2D eigenvalue weighted by atomic mass is 10.00. The van der Waals surface area contributed by atoms with Crippen molar-refractivity contribution in [1.29, 1.82) is 0 Å². The van der Waals surface area contributed by atoms with Gasteiger partial charge in [-0.15, -0.1) is 0 Å². The first-order valence-corrected chi connectivity index (χ1v) is 7.89. The van der Waals surface area contributed by atoms with Crippen LogP contribution in [0.4, 0.5) is 8.78 Å². The van der Waals surface area contributed by atoms with Gasteiger partial charge in [-0.25, -0.2) is 8.78 Å². The largest absolute Gasteiger partial charge is 0.387 e. The van der Waals surface area contributed by atoms with Crippen molar-refractivity contribution >= 4 is 5.91 Å². The monoisotopic (exact) mass is 325 g/mol. The highest BCUT2D eigenvalue weighted by molar-refractivity contribution is 5.94. The molecule has 2 aliphatic rings. The van der Waals surface area contributed by atoms with Gasteiger partial charge >= 0.3 is 0 Å². The smallest absolute Gasteiger partial charge is 0.255 e. The van der Waals surface area contributed by atoms with Gasteiger partial charge < -0.3 is 10.0 Å². The third-order valence-electron chi connectivity index (χ3n) is 4.63. The average molecular weight is 325 g/mol. The fraction of sp³-hybridized carbons (Fsp3) is 0.625. The van der Waals surface area contributed by atoms with Crippen LogP contribution >= 0.6 is 0 Å². The number of alkyl halides is 2. The average Bonchev–Trinajstić information content (AvgIpc) is 2.92. The molecule has 1 atom stereocenters. The summed E-state index contributed by atoms with van der Waals surface area (Å²) in [6, 6.07) is 3.39. The summed E-state index contributed by atoms with van der Waals surface area (Å²) in [5.74, 6) is -2.74. The predicted octanol–water partition coefficient (Wildman–Crippen LogP) is 1.39. The highest BCUT2D eigenvalue weighted by Gasteiger charge is 2.42. The zero-order valence-electron chi connectivity index (χ0n) is 12.9. The number of amides is 1. The molecule has 3 rings (SSSR count). The fourth-order valence-corrected chi connectivity index (χ4v) is 3.29. The van der Waals surface area contributed by atoms with Crippen LogP contribution in [-0.2, 0) is 0 Å². The van der Waals surface area contributed by atoms with E-state index in [1.807, 2.05) is 4.90 Å². The van der Waals surface area contributed by atoms with Gasteiger partial charge in [0.15, 0.2) is 0 Å². The van der Waals surface area contributed by atoms with Crippen molar-refractivity contribution in [2.45, 2.75) is 30.8 Å². The highest BCUT2D eigenvalue weighted by Crippen LogP contribution is 2.30. The number of aliphatic hydroxyl groups is 1. The number of pyridine rings is 1. The summed E-state index contributed by atoms with van der Waals surface area (Å²) in [6.45, 7) is 1.60. The van der Waals surface area contributed by atoms with Gasteiger partial charge in [-0.2, -0.15) is 0 Å². The topological polar surface area (TPSA) is 56.7 Å². The van der Waals surface area contributed by atoms with E-state index in [-0.39, 0.29) is 38.4 Å². The summed E-state index contributed by atoms with van der Waals surface area (Å²) >= 11 is 0. The minimum Gasteiger partial charge on any atom is -0.387 e. The molecule has 5 nitrogen and oxygen atoms in total. The lowest BCUT2D eigenvalue weighted by Crippen LogP contribution is -2.49. The Morgan fingerprint density at radius 2 is 2.00 bits per heavy atom. The molecule has 0 unspecified atom stereocenters. The molecule has 7 heteroatoms. The van der Waals surface area contributed by atoms with E-state index < -0.39 is 11.5 Å². The Morgan fingerprint density at radius 1 is 1.26 bits per heavy atom. The number of likely N-dealkylation sites (tertiary alicyclic amines) is 2. The van der Waals surface area contributed by atoms with Crippen molar-refractivity contribution in [3.05, 3.63) is 30.1 Å². The molecule has 0 radical (unpaired) electrons. The molecule has 1 N–H and O–H groups in total. The van der Waals surface area contributed by atoms with E-state index in [1.54, 1.807) is 23.2 Å². The van der Waals surface area contributed by atoms with Gasteiger partial charge in [0.2, 0.25) is 0 Å². The van der Waals surface area contributed by atoms with Crippen LogP contribution in [-0.4, -0.2) is 70.0 Å². The standard InChI is InChI=1S/C16H21F2N3O2/c17-16(18)4-7-20(8-5-16)11-15(23)3-9-21(12-15)14(22)13-2-1-6-19-10-13/h1-2,6,10,23H,3-5,7-9,11-12H2/t15-/m0/s1. The van der Waals surface area contributed by atoms with Crippen LogP contribution in [0.2, 0.25) is 0 Å². The Morgan fingerprint density at radius 3 is 2.65 bits per heavy atom. The maximum Gasteiger partial charge on any atom is 0.255 e. The van der Waals surface area contributed by atoms with E-state index in [2.05, 4.69) is 4.98 Å². The molecule has 3 heterocycles. The van der Waals surface area contributed by atoms with Crippen LogP contribution in [0, 0.1) is 0 Å². The van der Waals surface area contributed by atoms with Gasteiger partial charge in [-0.05, 0) is 18.6 Å². The second-order valence-electron chi connectivity index (χ2n) is 6.57. The summed E-state index contributed by atoms with van der Waals surface area (Å²) in [4.78, 5) is 19.8. The zero-order valence-corrected chi connectivity index (χ0v) is 12.9. The fourth-order valence-electron chi connectivity index (χ4n) is 3.29. The number of β-amino-alcohol motifs (C(OH)–C–C–N with tert-alkyl or cyclic N) is 1. The lowest BCUT2D eigenvalue weighted by molar-refractivity contribution is -0.0720. The van der Waals surface area contributed by atoms with Crippen LogP contribution in [0.15, 0.2) is 24.5 Å². The summed E-state index contributed by atoms with van der Waals surface area (Å²) in [6.07, 6.45) is 3.24. The number of carbonyl (C=O) groups is 1. The van der Waals surface area contributed by atoms with E-state index in [0.29, 0.717) is 25.1 Å². The van der Waals surface area contributed by atoms with Gasteiger partial charge in [0, 0.05) is 51.4 Å². The van der Waals surface area contributed by atoms with Crippen molar-refractivity contribution in [2.75, 3.05) is 32.7 Å². The summed E-state index contributed by atoms with van der Waals surface area (Å²) in [5, 5.41) is 10.7. The molecule has 2 aliphatic heterocycles. The summed E-state index contributed by atoms with van der Waals surface area (Å²) < 4.78 is 26.4. The van der Waals surface area contributed by atoms with Crippen molar-refractivity contribution in [3.8, 4) is 0 Å². The van der Waals surface area contributed by atoms with Gasteiger partial charge in [0.1, 0.15) is 0 Å². The van der Waals surface area contributed by atoms with Crippen LogP contribution in [0.5, 0.6) is 0 Å². The second-order valence-corrected chi connectivity index (χ2v) is 6.57. The predicted molar refractivity (Wildman–Crippen MR) is 80.3 cm³/mol. The SMILES string of the molecule is O=C(c1cccnc1)N1CC[C@](O)(CN2CCC(F)(F)CC2)C1. The first-order valence-electron chi connectivity index (χ1n) is 7.89. The molecule has 1 aromatic rings. The number of hydrogen-bond acceptors (Lipinski definition) is 4. The maximum absolute atomic E-state index is 13.2. The van der Waals surface area contributed by atoms with Crippen molar-refractivity contribution in [3.63, 3.8) is 0 Å². The Kier molecular flexibility index (Phi) is 4.33. The van der Waals surface area contributed by atoms with Crippen molar-refractivity contribution in [2.24, 2.45) is 0 Å². The van der Waals surface area contributed by atoms with Crippen LogP contribution in [0.3, 0.4) is 0 Å². The van der Waals surface area contributed by atoms with Gasteiger partial charge in [-0.3, -0.25) is 14.7 Å². The molecule has 0 aliphatic carbocycles. The van der Waals surface area contributed by atoms with Gasteiger partial charge in [0.25, 0.3) is 11.8 Å². The van der Waals surface area contributed by atoms with Crippen LogP contribution in [0.25, 0.3) is 0 Å². The molecular formula is C16H21F2N3O2. The lowest BCUT2D eigenvalue weighted by Gasteiger charge is -2.36. The number of nitrogens with zero attached hydrogens (tertiary/aromatic N) is 3. The van der Waals surface area contributed by atoms with Crippen LogP contribution < -0.4 is 0 Å². The molecule has 2 saturated heterocycles. The molecule has 0 aromatic carbocycles. The number of aromatic nitrogens is 1. The molecular weight excluding hydrogens is 304 g/mol. The summed E-state index contributed by atoms with van der Waals surface area (Å²) in [7, 11) is 0. The number of rotatable bonds is 3. The Hall–Kier alpha value is -1.60. The first kappa shape index (κ1) is 16.3. The quantitative estimate of drug-likeness (QED) is 0.912. The van der Waals surface area contributed by atoms with Crippen molar-refractivity contribution < 1.29 is 18.7 Å². The van der Waals surface area contributed by atoms with E-state index in [0.717, 1.165) is 0 Å². The van der Waals surface area contributed by atoms with E-state index in [9.17, 15) is 18.7 Å². The van der Waals surface area contributed by atoms with Crippen molar-refractivity contribution in [1.82, 2.24) is 14.8 Å². The molecule has 126 valence electrons. The summed E-state index contributed by atoms with van der Waals surface area (Å²) in [5.41, 5.74) is -0.529. The molecule has 0 bridgehead atoms. The third kappa shape index (κ3) is 3.84. The number of piperidine rings is 1. The molecule has 1 amide bonds. The molecule has 0 spiro atoms. The first-order chi connectivity index (χ1) is 10.9. The normalized spacial score (nSPS) is 28.0. The van der Waals surface area contributed by atoms with E-state index in [4.69, 9.17) is 0 Å². The minimum absolute atomic E-state index is 0.154. The highest BCUT2D eigenvalue weighted by atomic mass is 19.3. The molecule has 2 fully saturated rings. The second kappa shape index (κ2) is 6.13. The third-order valence-corrected chi connectivity index (χ3v) is 4.63. The Labute approximate surface area is 133 Å². The van der Waals surface area contributed by atoms with Crippen LogP contribution in [0.1, 0.15) is 29.6 Å². The minimum atomic E-state index is -2.59. The number of carbonyl (C=O) groups excluding carboxylic acids is 1. The molecule has 23 heavy (non-hydrogen) atoms. The zero-order chi connectivity index (χ0) is 16.5. The Bertz CT molecular complexity index is 560.